The molecule has 1 saturated heterocycles. The molecule has 2 amide bonds. The van der Waals surface area contributed by atoms with Crippen LogP contribution in [-0.4, -0.2) is 30.1 Å². The van der Waals surface area contributed by atoms with Gasteiger partial charge in [-0.25, -0.2) is 9.69 Å². The molecule has 25 heavy (non-hydrogen) atoms. The minimum Gasteiger partial charge on any atom is -0.465 e. The highest BCUT2D eigenvalue weighted by Crippen LogP contribution is 2.34. The third-order valence-electron chi connectivity index (χ3n) is 3.81. The van der Waals surface area contributed by atoms with E-state index in [0.29, 0.717) is 16.9 Å². The summed E-state index contributed by atoms with van der Waals surface area (Å²) in [6.45, 7) is 0. The van der Waals surface area contributed by atoms with Crippen LogP contribution in [0.4, 0.5) is 11.4 Å². The average Bonchev–Trinajstić information content (AvgIpc) is 2.90. The van der Waals surface area contributed by atoms with Gasteiger partial charge in [-0.05, 0) is 48.5 Å². The number of methoxy groups -OCH3 is 1. The summed E-state index contributed by atoms with van der Waals surface area (Å²) in [6.07, 6.45) is 0.132. The number of hydrogen-bond acceptors (Lipinski definition) is 6. The Morgan fingerprint density at radius 3 is 2.36 bits per heavy atom. The van der Waals surface area contributed by atoms with E-state index >= 15 is 0 Å². The summed E-state index contributed by atoms with van der Waals surface area (Å²) in [5, 5.41) is -0.476. The molecule has 2 aromatic rings. The Labute approximate surface area is 148 Å². The number of nitrogens with two attached hydrogens (primary N) is 1. The molecule has 0 radical (unpaired) electrons. The largest absolute Gasteiger partial charge is 0.465 e. The van der Waals surface area contributed by atoms with Crippen LogP contribution in [0.15, 0.2) is 53.4 Å². The van der Waals surface area contributed by atoms with Crippen LogP contribution in [0.2, 0.25) is 0 Å². The van der Waals surface area contributed by atoms with Crippen molar-refractivity contribution in [3.63, 3.8) is 0 Å². The number of imide groups is 1. The van der Waals surface area contributed by atoms with Gasteiger partial charge in [0.05, 0.1) is 23.6 Å². The summed E-state index contributed by atoms with van der Waals surface area (Å²) in [7, 11) is 1.29. The first-order valence-corrected chi connectivity index (χ1v) is 8.45. The zero-order valence-electron chi connectivity index (χ0n) is 13.5. The lowest BCUT2D eigenvalue weighted by atomic mass is 10.2. The van der Waals surface area contributed by atoms with E-state index < -0.39 is 11.2 Å². The smallest absolute Gasteiger partial charge is 0.337 e. The molecule has 6 nitrogen and oxygen atoms in total. The van der Waals surface area contributed by atoms with E-state index in [1.807, 2.05) is 12.1 Å². The maximum Gasteiger partial charge on any atom is 0.337 e. The summed E-state index contributed by atoms with van der Waals surface area (Å²) >= 11 is 1.34. The maximum atomic E-state index is 12.6. The highest BCUT2D eigenvalue weighted by Gasteiger charge is 2.40. The highest BCUT2D eigenvalue weighted by atomic mass is 32.2. The topological polar surface area (TPSA) is 89.7 Å². The Hall–Kier alpha value is -2.80. The van der Waals surface area contributed by atoms with Gasteiger partial charge in [-0.1, -0.05) is 0 Å². The number of anilines is 2. The summed E-state index contributed by atoms with van der Waals surface area (Å²) < 4.78 is 4.64. The minimum absolute atomic E-state index is 0.132. The zero-order valence-corrected chi connectivity index (χ0v) is 14.3. The molecular weight excluding hydrogens is 340 g/mol. The number of benzene rings is 2. The molecule has 0 saturated carbocycles. The SMILES string of the molecule is COC(=O)c1ccc(N2C(=O)C[C@@H](Sc3ccc(N)cc3)C2=O)cc1. The zero-order chi connectivity index (χ0) is 18.0. The van der Waals surface area contributed by atoms with Crippen LogP contribution >= 0.6 is 11.8 Å². The van der Waals surface area contributed by atoms with Gasteiger partial charge in [0.15, 0.2) is 0 Å². The van der Waals surface area contributed by atoms with Crippen molar-refractivity contribution in [2.24, 2.45) is 0 Å². The number of esters is 1. The maximum absolute atomic E-state index is 12.6. The predicted octanol–water partition coefficient (Wildman–Crippen LogP) is 2.48. The molecule has 1 heterocycles. The second-order valence-corrected chi connectivity index (χ2v) is 6.76. The van der Waals surface area contributed by atoms with Crippen LogP contribution in [0.1, 0.15) is 16.8 Å². The van der Waals surface area contributed by atoms with Crippen molar-refractivity contribution in [2.45, 2.75) is 16.6 Å². The van der Waals surface area contributed by atoms with Crippen LogP contribution in [0.25, 0.3) is 0 Å². The van der Waals surface area contributed by atoms with Gasteiger partial charge in [-0.3, -0.25) is 9.59 Å². The van der Waals surface area contributed by atoms with E-state index in [4.69, 9.17) is 5.73 Å². The molecular formula is C18H16N2O4S. The van der Waals surface area contributed by atoms with Crippen molar-refractivity contribution in [1.29, 1.82) is 0 Å². The first-order valence-electron chi connectivity index (χ1n) is 7.57. The first-order chi connectivity index (χ1) is 12.0. The molecule has 128 valence electrons. The molecule has 0 bridgehead atoms. The van der Waals surface area contributed by atoms with Gasteiger partial charge in [-0.15, -0.1) is 11.8 Å². The minimum atomic E-state index is -0.476. The van der Waals surface area contributed by atoms with Gasteiger partial charge < -0.3 is 10.5 Å². The number of carbonyl (C=O) groups is 3. The monoisotopic (exact) mass is 356 g/mol. The van der Waals surface area contributed by atoms with Crippen LogP contribution in [0.3, 0.4) is 0 Å². The van der Waals surface area contributed by atoms with Gasteiger partial charge >= 0.3 is 5.97 Å². The van der Waals surface area contributed by atoms with Crippen molar-refractivity contribution < 1.29 is 19.1 Å². The Balaban J connectivity index is 1.76. The fourth-order valence-electron chi connectivity index (χ4n) is 2.54. The number of thioether (sulfide) groups is 1. The van der Waals surface area contributed by atoms with Gasteiger partial charge in [-0.2, -0.15) is 0 Å². The summed E-state index contributed by atoms with van der Waals surface area (Å²) in [5.41, 5.74) is 7.10. The van der Waals surface area contributed by atoms with Crippen molar-refractivity contribution >= 4 is 40.9 Å². The number of amides is 2. The Morgan fingerprint density at radius 2 is 1.76 bits per heavy atom. The van der Waals surface area contributed by atoms with Crippen LogP contribution in [0, 0.1) is 0 Å². The molecule has 2 aromatic carbocycles. The Kier molecular flexibility index (Phi) is 4.76. The van der Waals surface area contributed by atoms with Crippen molar-refractivity contribution in [1.82, 2.24) is 0 Å². The number of carbonyl (C=O) groups excluding carboxylic acids is 3. The van der Waals surface area contributed by atoms with E-state index in [-0.39, 0.29) is 18.2 Å². The molecule has 2 N–H and O–H groups in total. The first kappa shape index (κ1) is 17.0. The molecule has 1 fully saturated rings. The van der Waals surface area contributed by atoms with Gasteiger partial charge in [0.2, 0.25) is 11.8 Å². The average molecular weight is 356 g/mol. The van der Waals surface area contributed by atoms with Gasteiger partial charge in [0.1, 0.15) is 0 Å². The fourth-order valence-corrected chi connectivity index (χ4v) is 3.60. The lowest BCUT2D eigenvalue weighted by molar-refractivity contribution is -0.121. The van der Waals surface area contributed by atoms with E-state index in [0.717, 1.165) is 9.80 Å². The molecule has 1 aliphatic rings. The Morgan fingerprint density at radius 1 is 1.12 bits per heavy atom. The van der Waals surface area contributed by atoms with E-state index in [1.165, 1.54) is 31.0 Å². The number of hydrogen-bond donors (Lipinski definition) is 1. The van der Waals surface area contributed by atoms with Crippen LogP contribution in [0.5, 0.6) is 0 Å². The summed E-state index contributed by atoms with van der Waals surface area (Å²) in [6, 6.07) is 13.4. The molecule has 1 aliphatic heterocycles. The molecule has 0 aliphatic carbocycles. The van der Waals surface area contributed by atoms with E-state index in [1.54, 1.807) is 24.3 Å². The fraction of sp³-hybridized carbons (Fsp3) is 0.167. The number of nitrogens with zero attached hydrogens (tertiary/aromatic N) is 1. The van der Waals surface area contributed by atoms with Crippen molar-refractivity contribution in [3.05, 3.63) is 54.1 Å². The molecule has 3 rings (SSSR count). The lowest BCUT2D eigenvalue weighted by Crippen LogP contribution is -2.31. The predicted molar refractivity (Wildman–Crippen MR) is 95.4 cm³/mol. The number of rotatable bonds is 4. The summed E-state index contributed by atoms with van der Waals surface area (Å²) in [5.74, 6) is -0.996. The standard InChI is InChI=1S/C18H16N2O4S/c1-24-18(23)11-2-6-13(7-3-11)20-16(21)10-15(17(20)22)25-14-8-4-12(19)5-9-14/h2-9,15H,10,19H2,1H3/t15-/m1/s1. The van der Waals surface area contributed by atoms with Crippen molar-refractivity contribution in [2.75, 3.05) is 17.7 Å². The van der Waals surface area contributed by atoms with Crippen molar-refractivity contribution in [3.8, 4) is 0 Å². The third kappa shape index (κ3) is 3.51. The quantitative estimate of drug-likeness (QED) is 0.514. The molecule has 1 atom stereocenters. The molecule has 0 unspecified atom stereocenters. The second-order valence-electron chi connectivity index (χ2n) is 5.49. The van der Waals surface area contributed by atoms with Gasteiger partial charge in [0, 0.05) is 17.0 Å². The molecule has 0 spiro atoms. The van der Waals surface area contributed by atoms with E-state index in [9.17, 15) is 14.4 Å². The number of ether oxygens (including phenoxy) is 1. The van der Waals surface area contributed by atoms with Crippen LogP contribution < -0.4 is 10.6 Å². The number of nitrogen functional groups attached to an aromatic ring is 1. The second kappa shape index (κ2) is 6.98. The van der Waals surface area contributed by atoms with Gasteiger partial charge in [0.25, 0.3) is 0 Å². The van der Waals surface area contributed by atoms with E-state index in [2.05, 4.69) is 4.74 Å². The normalized spacial score (nSPS) is 17.0. The molecule has 7 heteroatoms. The molecule has 0 aromatic heterocycles. The lowest BCUT2D eigenvalue weighted by Gasteiger charge is -2.15. The summed E-state index contributed by atoms with van der Waals surface area (Å²) in [4.78, 5) is 38.4. The van der Waals surface area contributed by atoms with Crippen LogP contribution in [-0.2, 0) is 14.3 Å². The Bertz CT molecular complexity index is 818. The highest BCUT2D eigenvalue weighted by molar-refractivity contribution is 8.00. The third-order valence-corrected chi connectivity index (χ3v) is 5.01.